The van der Waals surface area contributed by atoms with Gasteiger partial charge in [0.15, 0.2) is 0 Å². The average Bonchev–Trinajstić information content (AvgIpc) is 3.19. The van der Waals surface area contributed by atoms with E-state index in [1.807, 2.05) is 40.1 Å². The summed E-state index contributed by atoms with van der Waals surface area (Å²) in [4.78, 5) is 27.4. The second-order valence-corrected chi connectivity index (χ2v) is 8.50. The molecule has 2 aromatic rings. The zero-order valence-electron chi connectivity index (χ0n) is 17.9. The minimum atomic E-state index is -0.802. The van der Waals surface area contributed by atoms with Gasteiger partial charge in [-0.3, -0.25) is 14.6 Å². The molecule has 2 fully saturated rings. The third-order valence-corrected chi connectivity index (χ3v) is 6.36. The smallest absolute Gasteiger partial charge is 0.329 e. The highest BCUT2D eigenvalue weighted by Gasteiger charge is 2.31. The Labute approximate surface area is 183 Å². The van der Waals surface area contributed by atoms with E-state index in [4.69, 9.17) is 5.11 Å². The number of anilines is 2. The molecule has 2 N–H and O–H groups in total. The molecular weight excluding hydrogens is 390 g/mol. The van der Waals surface area contributed by atoms with E-state index in [-0.39, 0.29) is 12.5 Å². The molecule has 1 saturated carbocycles. The van der Waals surface area contributed by atoms with Gasteiger partial charge in [-0.2, -0.15) is 0 Å². The number of urea groups is 1. The van der Waals surface area contributed by atoms with Crippen molar-refractivity contribution >= 4 is 23.4 Å². The number of amides is 2. The SMILES string of the molecule is O=C(O)CCNCc1ccc(N2CCN(c3cccc(C4CCCCC4)c3)C2=O)cc1. The summed E-state index contributed by atoms with van der Waals surface area (Å²) in [5.74, 6) is -0.177. The van der Waals surface area contributed by atoms with Crippen molar-refractivity contribution in [3.05, 3.63) is 59.7 Å². The van der Waals surface area contributed by atoms with Crippen LogP contribution in [-0.4, -0.2) is 36.7 Å². The van der Waals surface area contributed by atoms with Crippen LogP contribution in [0.3, 0.4) is 0 Å². The minimum absolute atomic E-state index is 0.0214. The van der Waals surface area contributed by atoms with Crippen LogP contribution < -0.4 is 15.1 Å². The van der Waals surface area contributed by atoms with Crippen LogP contribution in [0.15, 0.2) is 48.5 Å². The molecule has 2 amide bonds. The number of aliphatic carboxylic acids is 1. The highest BCUT2D eigenvalue weighted by molar-refractivity contribution is 6.06. The van der Waals surface area contributed by atoms with Gasteiger partial charge in [-0.1, -0.05) is 43.5 Å². The van der Waals surface area contributed by atoms with E-state index >= 15 is 0 Å². The standard InChI is InChI=1S/C25H31N3O3/c29-24(30)13-14-26-18-19-9-11-22(12-10-19)27-15-16-28(25(27)31)23-8-4-7-21(17-23)20-5-2-1-3-6-20/h4,7-12,17,20,26H,1-3,5-6,13-16,18H2,(H,29,30). The summed E-state index contributed by atoms with van der Waals surface area (Å²) in [5.41, 5.74) is 4.32. The van der Waals surface area contributed by atoms with Gasteiger partial charge in [0.2, 0.25) is 0 Å². The van der Waals surface area contributed by atoms with Gasteiger partial charge in [-0.25, -0.2) is 4.79 Å². The number of nitrogens with zero attached hydrogens (tertiary/aromatic N) is 2. The van der Waals surface area contributed by atoms with E-state index in [2.05, 4.69) is 23.5 Å². The quantitative estimate of drug-likeness (QED) is 0.604. The van der Waals surface area contributed by atoms with E-state index < -0.39 is 5.97 Å². The van der Waals surface area contributed by atoms with Crippen LogP contribution in [0, 0.1) is 0 Å². The van der Waals surface area contributed by atoms with Crippen LogP contribution in [0.1, 0.15) is 55.6 Å². The predicted molar refractivity (Wildman–Crippen MR) is 123 cm³/mol. The van der Waals surface area contributed by atoms with Gasteiger partial charge in [0.1, 0.15) is 0 Å². The number of carbonyl (C=O) groups is 2. The average molecular weight is 422 g/mol. The molecular formula is C25H31N3O3. The van der Waals surface area contributed by atoms with Gasteiger partial charge < -0.3 is 10.4 Å². The van der Waals surface area contributed by atoms with Crippen LogP contribution in [0.5, 0.6) is 0 Å². The molecule has 4 rings (SSSR count). The van der Waals surface area contributed by atoms with Crippen molar-refractivity contribution in [1.82, 2.24) is 5.32 Å². The van der Waals surface area contributed by atoms with Gasteiger partial charge in [-0.15, -0.1) is 0 Å². The van der Waals surface area contributed by atoms with Crippen molar-refractivity contribution in [3.8, 4) is 0 Å². The third kappa shape index (κ3) is 5.25. The first-order valence-corrected chi connectivity index (χ1v) is 11.3. The molecule has 31 heavy (non-hydrogen) atoms. The molecule has 2 aliphatic rings. The summed E-state index contributed by atoms with van der Waals surface area (Å²) in [6.45, 7) is 2.41. The Balaban J connectivity index is 1.38. The van der Waals surface area contributed by atoms with Crippen molar-refractivity contribution in [1.29, 1.82) is 0 Å². The largest absolute Gasteiger partial charge is 0.481 e. The zero-order chi connectivity index (χ0) is 21.6. The van der Waals surface area contributed by atoms with E-state index in [1.54, 1.807) is 0 Å². The number of nitrogens with one attached hydrogen (secondary N) is 1. The Morgan fingerprint density at radius 1 is 0.968 bits per heavy atom. The van der Waals surface area contributed by atoms with E-state index in [9.17, 15) is 9.59 Å². The third-order valence-electron chi connectivity index (χ3n) is 6.36. The van der Waals surface area contributed by atoms with Crippen LogP contribution in [-0.2, 0) is 11.3 Å². The molecule has 1 saturated heterocycles. The summed E-state index contributed by atoms with van der Waals surface area (Å²) in [6, 6.07) is 16.5. The molecule has 164 valence electrons. The molecule has 0 spiro atoms. The molecule has 0 bridgehead atoms. The Morgan fingerprint density at radius 3 is 2.39 bits per heavy atom. The summed E-state index contributed by atoms with van der Waals surface area (Å²) >= 11 is 0. The Bertz CT molecular complexity index is 906. The van der Waals surface area contributed by atoms with Gasteiger partial charge in [0, 0.05) is 37.6 Å². The van der Waals surface area contributed by atoms with Crippen LogP contribution in [0.4, 0.5) is 16.2 Å². The maximum absolute atomic E-state index is 13.1. The molecule has 2 aromatic carbocycles. The number of benzene rings is 2. The van der Waals surface area contributed by atoms with E-state index in [0.717, 1.165) is 16.9 Å². The lowest BCUT2D eigenvalue weighted by atomic mass is 9.84. The fraction of sp³-hybridized carbons (Fsp3) is 0.440. The van der Waals surface area contributed by atoms with Crippen LogP contribution in [0.2, 0.25) is 0 Å². The zero-order valence-corrected chi connectivity index (χ0v) is 17.9. The van der Waals surface area contributed by atoms with Crippen LogP contribution in [0.25, 0.3) is 0 Å². The summed E-state index contributed by atoms with van der Waals surface area (Å²) in [6.07, 6.45) is 6.56. The predicted octanol–water partition coefficient (Wildman–Crippen LogP) is 4.75. The van der Waals surface area contributed by atoms with Gasteiger partial charge >= 0.3 is 12.0 Å². The number of hydrogen-bond acceptors (Lipinski definition) is 3. The molecule has 6 heteroatoms. The summed E-state index contributed by atoms with van der Waals surface area (Å²) in [5, 5.41) is 11.8. The lowest BCUT2D eigenvalue weighted by Crippen LogP contribution is -2.31. The van der Waals surface area contributed by atoms with Crippen molar-refractivity contribution < 1.29 is 14.7 Å². The number of carboxylic acids is 1. The summed E-state index contributed by atoms with van der Waals surface area (Å²) < 4.78 is 0. The summed E-state index contributed by atoms with van der Waals surface area (Å²) in [7, 11) is 0. The number of carboxylic acid groups (broad SMARTS) is 1. The Morgan fingerprint density at radius 2 is 1.68 bits per heavy atom. The van der Waals surface area contributed by atoms with Crippen molar-refractivity contribution in [2.24, 2.45) is 0 Å². The second kappa shape index (κ2) is 9.96. The van der Waals surface area contributed by atoms with Gasteiger partial charge in [0.25, 0.3) is 0 Å². The molecule has 0 atom stereocenters. The van der Waals surface area contributed by atoms with Crippen molar-refractivity contribution in [3.63, 3.8) is 0 Å². The first kappa shape index (κ1) is 21.4. The van der Waals surface area contributed by atoms with Gasteiger partial charge in [0.05, 0.1) is 6.42 Å². The van der Waals surface area contributed by atoms with Crippen molar-refractivity contribution in [2.75, 3.05) is 29.4 Å². The van der Waals surface area contributed by atoms with Gasteiger partial charge in [-0.05, 0) is 54.2 Å². The van der Waals surface area contributed by atoms with Crippen LogP contribution >= 0.6 is 0 Å². The minimum Gasteiger partial charge on any atom is -0.481 e. The molecule has 0 unspecified atom stereocenters. The molecule has 0 radical (unpaired) electrons. The van der Waals surface area contributed by atoms with E-state index in [1.165, 1.54) is 37.7 Å². The van der Waals surface area contributed by atoms with Crippen molar-refractivity contribution in [2.45, 2.75) is 51.0 Å². The number of carbonyl (C=O) groups excluding carboxylic acids is 1. The maximum Gasteiger partial charge on any atom is 0.329 e. The second-order valence-electron chi connectivity index (χ2n) is 8.50. The van der Waals surface area contributed by atoms with E-state index in [0.29, 0.717) is 32.1 Å². The number of hydrogen-bond donors (Lipinski definition) is 2. The monoisotopic (exact) mass is 421 g/mol. The fourth-order valence-corrected chi connectivity index (χ4v) is 4.62. The molecule has 0 aromatic heterocycles. The Kier molecular flexibility index (Phi) is 6.87. The highest BCUT2D eigenvalue weighted by atomic mass is 16.4. The lowest BCUT2D eigenvalue weighted by Gasteiger charge is -2.24. The molecule has 1 heterocycles. The topological polar surface area (TPSA) is 72.9 Å². The Hall–Kier alpha value is -2.86. The lowest BCUT2D eigenvalue weighted by molar-refractivity contribution is -0.136. The maximum atomic E-state index is 13.1. The number of rotatable bonds is 8. The molecule has 1 aliphatic heterocycles. The molecule has 1 aliphatic carbocycles. The fourth-order valence-electron chi connectivity index (χ4n) is 4.62. The normalized spacial score (nSPS) is 17.4. The molecule has 6 nitrogen and oxygen atoms in total. The first-order valence-electron chi connectivity index (χ1n) is 11.3. The highest BCUT2D eigenvalue weighted by Crippen LogP contribution is 2.35. The first-order chi connectivity index (χ1) is 15.1.